The Hall–Kier alpha value is -1.73. The van der Waals surface area contributed by atoms with Crippen LogP contribution in [0.3, 0.4) is 0 Å². The van der Waals surface area contributed by atoms with Crippen LogP contribution in [0.1, 0.15) is 53.1 Å². The van der Waals surface area contributed by atoms with Gasteiger partial charge in [-0.05, 0) is 25.7 Å². The van der Waals surface area contributed by atoms with E-state index < -0.39 is 6.10 Å². The first-order valence-corrected chi connectivity index (χ1v) is 8.74. The van der Waals surface area contributed by atoms with Crippen molar-refractivity contribution in [3.63, 3.8) is 0 Å². The smallest absolute Gasteiger partial charge is 0.256 e. The van der Waals surface area contributed by atoms with Crippen molar-refractivity contribution in [1.82, 2.24) is 19.7 Å². The third-order valence-electron chi connectivity index (χ3n) is 4.36. The molecular formula is C16H22N4O2S. The van der Waals surface area contributed by atoms with Crippen molar-refractivity contribution in [2.75, 3.05) is 7.05 Å². The molecule has 1 aliphatic rings. The van der Waals surface area contributed by atoms with E-state index in [1.54, 1.807) is 41.2 Å². The lowest BCUT2D eigenvalue weighted by molar-refractivity contribution is -0.141. The van der Waals surface area contributed by atoms with Gasteiger partial charge in [0.1, 0.15) is 0 Å². The van der Waals surface area contributed by atoms with Crippen molar-refractivity contribution in [2.24, 2.45) is 7.05 Å². The second-order valence-corrected chi connectivity index (χ2v) is 7.09. The molecule has 6 nitrogen and oxygen atoms in total. The molecule has 0 saturated heterocycles. The molecule has 1 N–H and O–H groups in total. The van der Waals surface area contributed by atoms with Crippen LogP contribution in [0.15, 0.2) is 12.4 Å². The van der Waals surface area contributed by atoms with E-state index >= 15 is 0 Å². The number of aryl methyl sites for hydroxylation is 3. The van der Waals surface area contributed by atoms with E-state index in [4.69, 9.17) is 0 Å². The molecule has 23 heavy (non-hydrogen) atoms. The number of aliphatic hydroxyl groups excluding tert-OH is 1. The normalized spacial score (nSPS) is 18.5. The number of nitrogens with zero attached hydrogens (tertiary/aromatic N) is 4. The Kier molecular flexibility index (Phi) is 4.50. The minimum Gasteiger partial charge on any atom is -0.378 e. The van der Waals surface area contributed by atoms with Crippen LogP contribution in [-0.4, -0.2) is 37.7 Å². The van der Waals surface area contributed by atoms with Gasteiger partial charge in [-0.15, -0.1) is 11.3 Å². The van der Waals surface area contributed by atoms with E-state index in [-0.39, 0.29) is 11.9 Å². The van der Waals surface area contributed by atoms with Crippen LogP contribution in [0.2, 0.25) is 0 Å². The average Bonchev–Trinajstić information content (AvgIpc) is 3.18. The quantitative estimate of drug-likeness (QED) is 0.928. The van der Waals surface area contributed by atoms with Gasteiger partial charge in [0.15, 0.2) is 6.10 Å². The van der Waals surface area contributed by atoms with Crippen molar-refractivity contribution in [3.8, 4) is 0 Å². The monoisotopic (exact) mass is 334 g/mol. The zero-order valence-corrected chi connectivity index (χ0v) is 14.5. The van der Waals surface area contributed by atoms with Crippen LogP contribution in [0.5, 0.6) is 0 Å². The number of carbonyl (C=O) groups is 1. The SMILES string of the molecule is CCc1nc2c(s1)[C@H](N(C)C(=O)[C@H](O)c1cnn(C)c1)CCC2. The summed E-state index contributed by atoms with van der Waals surface area (Å²) in [5, 5.41) is 15.5. The Morgan fingerprint density at radius 3 is 3.04 bits per heavy atom. The number of rotatable bonds is 4. The van der Waals surface area contributed by atoms with Gasteiger partial charge in [0.05, 0.1) is 27.8 Å². The molecule has 2 heterocycles. The highest BCUT2D eigenvalue weighted by atomic mass is 32.1. The summed E-state index contributed by atoms with van der Waals surface area (Å²) in [6, 6.07) is 0.00960. The van der Waals surface area contributed by atoms with Crippen LogP contribution in [0.4, 0.5) is 0 Å². The van der Waals surface area contributed by atoms with Gasteiger partial charge in [0, 0.05) is 25.9 Å². The van der Waals surface area contributed by atoms with Gasteiger partial charge in [-0.2, -0.15) is 5.10 Å². The lowest BCUT2D eigenvalue weighted by atomic mass is 9.96. The molecule has 124 valence electrons. The summed E-state index contributed by atoms with van der Waals surface area (Å²) in [6.45, 7) is 2.10. The summed E-state index contributed by atoms with van der Waals surface area (Å²) in [5.74, 6) is -0.290. The third-order valence-corrected chi connectivity index (χ3v) is 5.70. The molecule has 0 aromatic carbocycles. The van der Waals surface area contributed by atoms with E-state index in [1.807, 2.05) is 0 Å². The lowest BCUT2D eigenvalue weighted by Crippen LogP contribution is -2.36. The molecule has 2 aromatic rings. The zero-order valence-electron chi connectivity index (χ0n) is 13.7. The van der Waals surface area contributed by atoms with Crippen LogP contribution >= 0.6 is 11.3 Å². The summed E-state index contributed by atoms with van der Waals surface area (Å²) in [4.78, 5) is 20.2. The summed E-state index contributed by atoms with van der Waals surface area (Å²) in [5.41, 5.74) is 1.65. The first kappa shape index (κ1) is 16.1. The molecule has 0 fully saturated rings. The first-order valence-electron chi connectivity index (χ1n) is 7.93. The number of aromatic nitrogens is 3. The predicted molar refractivity (Wildman–Crippen MR) is 88.1 cm³/mol. The first-order chi connectivity index (χ1) is 11.0. The van der Waals surface area contributed by atoms with Gasteiger partial charge in [-0.3, -0.25) is 9.48 Å². The Morgan fingerprint density at radius 2 is 2.39 bits per heavy atom. The molecule has 2 aromatic heterocycles. The fourth-order valence-corrected chi connectivity index (χ4v) is 4.27. The van der Waals surface area contributed by atoms with Gasteiger partial charge < -0.3 is 10.0 Å². The average molecular weight is 334 g/mol. The number of amides is 1. The molecule has 0 spiro atoms. The number of hydrogen-bond acceptors (Lipinski definition) is 5. The summed E-state index contributed by atoms with van der Waals surface area (Å²) in [7, 11) is 3.54. The molecule has 1 amide bonds. The van der Waals surface area contributed by atoms with Crippen LogP contribution in [0.25, 0.3) is 0 Å². The summed E-state index contributed by atoms with van der Waals surface area (Å²) >= 11 is 1.70. The molecule has 0 radical (unpaired) electrons. The number of carbonyl (C=O) groups excluding carboxylic acids is 1. The molecule has 3 rings (SSSR count). The van der Waals surface area contributed by atoms with Crippen LogP contribution in [0, 0.1) is 0 Å². The van der Waals surface area contributed by atoms with Crippen LogP contribution in [-0.2, 0) is 24.7 Å². The molecule has 0 saturated carbocycles. The third kappa shape index (κ3) is 3.03. The number of aliphatic hydroxyl groups is 1. The molecule has 2 atom stereocenters. The maximum atomic E-state index is 12.7. The molecular weight excluding hydrogens is 312 g/mol. The molecule has 7 heteroatoms. The highest BCUT2D eigenvalue weighted by Crippen LogP contribution is 2.38. The fraction of sp³-hybridized carbons (Fsp3) is 0.562. The highest BCUT2D eigenvalue weighted by Gasteiger charge is 2.33. The second-order valence-electron chi connectivity index (χ2n) is 5.98. The topological polar surface area (TPSA) is 71.2 Å². The number of thiazole rings is 1. The van der Waals surface area contributed by atoms with Crippen molar-refractivity contribution in [2.45, 2.75) is 44.8 Å². The maximum absolute atomic E-state index is 12.7. The Labute approximate surface area is 139 Å². The van der Waals surface area contributed by atoms with Crippen molar-refractivity contribution < 1.29 is 9.90 Å². The van der Waals surface area contributed by atoms with Crippen LogP contribution < -0.4 is 0 Å². The van der Waals surface area contributed by atoms with Gasteiger partial charge in [-0.25, -0.2) is 4.98 Å². The minimum atomic E-state index is -1.17. The van der Waals surface area contributed by atoms with Gasteiger partial charge in [-0.1, -0.05) is 6.92 Å². The van der Waals surface area contributed by atoms with E-state index in [1.165, 1.54) is 11.1 Å². The number of hydrogen-bond donors (Lipinski definition) is 1. The van der Waals surface area contributed by atoms with Gasteiger partial charge >= 0.3 is 0 Å². The standard InChI is InChI=1S/C16H22N4O2S/c1-4-13-18-11-6-5-7-12(15(11)23-13)20(3)16(22)14(21)10-8-17-19(2)9-10/h8-9,12,14,21H,4-7H2,1-3H3/t12-,14-/m1/s1. The minimum absolute atomic E-state index is 0.00960. The molecule has 0 aliphatic heterocycles. The second kappa shape index (κ2) is 6.41. The maximum Gasteiger partial charge on any atom is 0.256 e. The number of likely N-dealkylation sites (N-methyl/N-ethyl adjacent to an activating group) is 1. The van der Waals surface area contributed by atoms with Crippen molar-refractivity contribution >= 4 is 17.2 Å². The van der Waals surface area contributed by atoms with Gasteiger partial charge in [0.2, 0.25) is 0 Å². The van der Waals surface area contributed by atoms with E-state index in [0.717, 1.165) is 36.4 Å². The molecule has 0 unspecified atom stereocenters. The molecule has 1 aliphatic carbocycles. The Bertz CT molecular complexity index is 709. The zero-order chi connectivity index (χ0) is 16.6. The lowest BCUT2D eigenvalue weighted by Gasteiger charge is -2.31. The number of fused-ring (bicyclic) bond motifs is 1. The molecule has 0 bridgehead atoms. The van der Waals surface area contributed by atoms with Crippen molar-refractivity contribution in [1.29, 1.82) is 0 Å². The van der Waals surface area contributed by atoms with E-state index in [9.17, 15) is 9.90 Å². The largest absolute Gasteiger partial charge is 0.378 e. The summed E-state index contributed by atoms with van der Waals surface area (Å²) in [6.07, 6.45) is 5.87. The Morgan fingerprint density at radius 1 is 1.61 bits per heavy atom. The predicted octanol–water partition coefficient (Wildman–Crippen LogP) is 2.01. The van der Waals surface area contributed by atoms with E-state index in [2.05, 4.69) is 17.0 Å². The highest BCUT2D eigenvalue weighted by molar-refractivity contribution is 7.11. The van der Waals surface area contributed by atoms with Crippen molar-refractivity contribution in [3.05, 3.63) is 33.5 Å². The Balaban J connectivity index is 1.82. The fourth-order valence-electron chi connectivity index (χ4n) is 3.04. The van der Waals surface area contributed by atoms with E-state index in [0.29, 0.717) is 5.56 Å². The summed E-state index contributed by atoms with van der Waals surface area (Å²) < 4.78 is 1.58. The van der Waals surface area contributed by atoms with Gasteiger partial charge in [0.25, 0.3) is 5.91 Å².